The van der Waals surface area contributed by atoms with Gasteiger partial charge in [0.15, 0.2) is 0 Å². The molecule has 0 aromatic heterocycles. The maximum absolute atomic E-state index is 11.9. The van der Waals surface area contributed by atoms with Gasteiger partial charge in [0.1, 0.15) is 5.84 Å². The maximum atomic E-state index is 11.9. The van der Waals surface area contributed by atoms with Gasteiger partial charge in [-0.15, -0.1) is 11.8 Å². The van der Waals surface area contributed by atoms with Crippen molar-refractivity contribution >= 4 is 30.1 Å². The van der Waals surface area contributed by atoms with E-state index < -0.39 is 0 Å². The van der Waals surface area contributed by atoms with E-state index in [0.29, 0.717) is 27.8 Å². The van der Waals surface area contributed by atoms with Gasteiger partial charge in [0, 0.05) is 18.3 Å². The SMILES string of the molecule is C=c1cccc2c1=NC(CSC1CNC1)=NC2=O. The van der Waals surface area contributed by atoms with Crippen LogP contribution in [0.1, 0.15) is 10.4 Å². The highest BCUT2D eigenvalue weighted by molar-refractivity contribution is 8.00. The van der Waals surface area contributed by atoms with Gasteiger partial charge in [0.05, 0.1) is 16.7 Å². The number of nitrogens with one attached hydrogen (secondary N) is 1. The highest BCUT2D eigenvalue weighted by atomic mass is 32.2. The van der Waals surface area contributed by atoms with E-state index in [9.17, 15) is 4.79 Å². The summed E-state index contributed by atoms with van der Waals surface area (Å²) in [5.41, 5.74) is 0.557. The van der Waals surface area contributed by atoms with E-state index in [2.05, 4.69) is 21.9 Å². The minimum atomic E-state index is -0.201. The Labute approximate surface area is 109 Å². The van der Waals surface area contributed by atoms with Crippen LogP contribution in [-0.2, 0) is 0 Å². The van der Waals surface area contributed by atoms with Gasteiger partial charge in [-0.05, 0) is 11.3 Å². The first-order chi connectivity index (χ1) is 8.74. The number of thioether (sulfide) groups is 1. The quantitative estimate of drug-likeness (QED) is 0.829. The molecule has 0 aliphatic carbocycles. The van der Waals surface area contributed by atoms with Gasteiger partial charge < -0.3 is 5.32 Å². The molecule has 0 spiro atoms. The summed E-state index contributed by atoms with van der Waals surface area (Å²) in [7, 11) is 0. The third-order valence-corrected chi connectivity index (χ3v) is 4.24. The van der Waals surface area contributed by atoms with Crippen LogP contribution in [0, 0.1) is 0 Å². The lowest BCUT2D eigenvalue weighted by Crippen LogP contribution is -2.45. The molecule has 1 saturated heterocycles. The lowest BCUT2D eigenvalue weighted by molar-refractivity contribution is 0.1000. The first-order valence-corrected chi connectivity index (χ1v) is 6.90. The third kappa shape index (κ3) is 2.11. The molecule has 0 unspecified atom stereocenters. The number of nitrogens with zero attached hydrogens (tertiary/aromatic N) is 2. The summed E-state index contributed by atoms with van der Waals surface area (Å²) in [5.74, 6) is 1.10. The number of amidine groups is 1. The van der Waals surface area contributed by atoms with Crippen LogP contribution in [0.2, 0.25) is 0 Å². The highest BCUT2D eigenvalue weighted by Crippen LogP contribution is 2.15. The Morgan fingerprint density at radius 1 is 1.39 bits per heavy atom. The van der Waals surface area contributed by atoms with Crippen LogP contribution in [-0.4, -0.2) is 35.8 Å². The molecule has 0 radical (unpaired) electrons. The number of rotatable bonds is 3. The molecule has 18 heavy (non-hydrogen) atoms. The molecule has 1 aromatic carbocycles. The van der Waals surface area contributed by atoms with Crippen molar-refractivity contribution in [2.24, 2.45) is 9.98 Å². The van der Waals surface area contributed by atoms with E-state index in [0.717, 1.165) is 18.3 Å². The summed E-state index contributed by atoms with van der Waals surface area (Å²) in [4.78, 5) is 20.4. The molecule has 2 aliphatic heterocycles. The smallest absolute Gasteiger partial charge is 0.280 e. The lowest BCUT2D eigenvalue weighted by atomic mass is 10.1. The van der Waals surface area contributed by atoms with Crippen LogP contribution < -0.4 is 15.9 Å². The molecule has 2 aliphatic rings. The van der Waals surface area contributed by atoms with Gasteiger partial charge in [-0.2, -0.15) is 4.99 Å². The second kappa shape index (κ2) is 4.66. The average molecular weight is 259 g/mol. The number of amides is 1. The molecular weight excluding hydrogens is 246 g/mol. The first-order valence-electron chi connectivity index (χ1n) is 5.85. The number of hydrogen-bond donors (Lipinski definition) is 1. The number of hydrogen-bond acceptors (Lipinski definition) is 4. The highest BCUT2D eigenvalue weighted by Gasteiger charge is 2.20. The van der Waals surface area contributed by atoms with Crippen molar-refractivity contribution in [3.63, 3.8) is 0 Å². The molecule has 2 heterocycles. The van der Waals surface area contributed by atoms with Crippen molar-refractivity contribution < 1.29 is 4.79 Å². The molecule has 0 bridgehead atoms. The summed E-state index contributed by atoms with van der Waals surface area (Å²) >= 11 is 1.79. The fraction of sp³-hybridized carbons (Fsp3) is 0.308. The molecule has 3 rings (SSSR count). The Kier molecular flexibility index (Phi) is 3.01. The number of aliphatic imine (C=N–C) groups is 1. The largest absolute Gasteiger partial charge is 0.314 e. The second-order valence-electron chi connectivity index (χ2n) is 4.35. The average Bonchev–Trinajstić information content (AvgIpc) is 2.29. The Bertz CT molecular complexity index is 634. The predicted molar refractivity (Wildman–Crippen MR) is 73.6 cm³/mol. The normalized spacial score (nSPS) is 18.7. The minimum absolute atomic E-state index is 0.201. The molecule has 1 N–H and O–H groups in total. The Morgan fingerprint density at radius 2 is 2.22 bits per heavy atom. The van der Waals surface area contributed by atoms with E-state index in [1.54, 1.807) is 17.8 Å². The number of benzene rings is 1. The molecule has 4 nitrogen and oxygen atoms in total. The van der Waals surface area contributed by atoms with Gasteiger partial charge >= 0.3 is 0 Å². The summed E-state index contributed by atoms with van der Waals surface area (Å²) in [6.07, 6.45) is 0. The van der Waals surface area contributed by atoms with Gasteiger partial charge in [-0.1, -0.05) is 18.7 Å². The van der Waals surface area contributed by atoms with Crippen molar-refractivity contribution in [2.75, 3.05) is 18.8 Å². The van der Waals surface area contributed by atoms with Crippen molar-refractivity contribution in [1.82, 2.24) is 5.32 Å². The van der Waals surface area contributed by atoms with Gasteiger partial charge in [0.2, 0.25) is 0 Å². The topological polar surface area (TPSA) is 53.8 Å². The van der Waals surface area contributed by atoms with Crippen molar-refractivity contribution in [3.8, 4) is 0 Å². The zero-order valence-corrected chi connectivity index (χ0v) is 10.7. The number of para-hydroxylation sites is 1. The molecule has 0 saturated carbocycles. The van der Waals surface area contributed by atoms with Crippen LogP contribution in [0.15, 0.2) is 28.2 Å². The maximum Gasteiger partial charge on any atom is 0.280 e. The molecule has 5 heteroatoms. The zero-order valence-electron chi connectivity index (χ0n) is 9.85. The summed E-state index contributed by atoms with van der Waals surface area (Å²) in [6.45, 7) is 5.97. The van der Waals surface area contributed by atoms with Crippen molar-refractivity contribution in [3.05, 3.63) is 34.3 Å². The standard InChI is InChI=1S/C13H13N3OS/c1-8-3-2-4-10-12(8)15-11(16-13(10)17)7-18-9-5-14-6-9/h2-4,9,14H,1,5-7H2. The molecule has 0 atom stereocenters. The van der Waals surface area contributed by atoms with E-state index in [-0.39, 0.29) is 5.91 Å². The van der Waals surface area contributed by atoms with Crippen LogP contribution in [0.3, 0.4) is 0 Å². The molecule has 92 valence electrons. The van der Waals surface area contributed by atoms with Crippen molar-refractivity contribution in [2.45, 2.75) is 5.25 Å². The van der Waals surface area contributed by atoms with Crippen LogP contribution in [0.5, 0.6) is 0 Å². The fourth-order valence-electron chi connectivity index (χ4n) is 1.86. The van der Waals surface area contributed by atoms with Crippen LogP contribution >= 0.6 is 11.8 Å². The summed E-state index contributed by atoms with van der Waals surface area (Å²) < 4.78 is 0. The predicted octanol–water partition coefficient (Wildman–Crippen LogP) is -0.0262. The van der Waals surface area contributed by atoms with E-state index >= 15 is 0 Å². The zero-order chi connectivity index (χ0) is 12.5. The first kappa shape index (κ1) is 11.6. The van der Waals surface area contributed by atoms with Crippen LogP contribution in [0.4, 0.5) is 0 Å². The monoisotopic (exact) mass is 259 g/mol. The van der Waals surface area contributed by atoms with E-state index in [1.807, 2.05) is 12.1 Å². The minimum Gasteiger partial charge on any atom is -0.314 e. The second-order valence-corrected chi connectivity index (χ2v) is 5.64. The lowest BCUT2D eigenvalue weighted by Gasteiger charge is -2.26. The van der Waals surface area contributed by atoms with Crippen molar-refractivity contribution in [1.29, 1.82) is 0 Å². The Morgan fingerprint density at radius 3 is 2.94 bits per heavy atom. The number of fused-ring (bicyclic) bond motifs is 1. The molecule has 1 amide bonds. The van der Waals surface area contributed by atoms with Gasteiger partial charge in [0.25, 0.3) is 5.91 Å². The molecule has 1 fully saturated rings. The Balaban J connectivity index is 1.87. The van der Waals surface area contributed by atoms with Crippen LogP contribution in [0.25, 0.3) is 6.58 Å². The Hall–Kier alpha value is -1.46. The van der Waals surface area contributed by atoms with Gasteiger partial charge in [-0.25, -0.2) is 4.99 Å². The van der Waals surface area contributed by atoms with E-state index in [1.165, 1.54) is 0 Å². The summed E-state index contributed by atoms with van der Waals surface area (Å²) in [5, 5.41) is 5.30. The van der Waals surface area contributed by atoms with Gasteiger partial charge in [-0.3, -0.25) is 4.79 Å². The number of carbonyl (C=O) groups is 1. The molecule has 1 aromatic rings. The third-order valence-electron chi connectivity index (χ3n) is 3.01. The fourth-order valence-corrected chi connectivity index (χ4v) is 2.85. The number of carbonyl (C=O) groups excluding carboxylic acids is 1. The van der Waals surface area contributed by atoms with E-state index in [4.69, 9.17) is 0 Å². The molecular formula is C13H13N3OS. The summed E-state index contributed by atoms with van der Waals surface area (Å²) in [6, 6.07) is 5.42.